The number of nitrogens with two attached hydrogens (primary N) is 1. The summed E-state index contributed by atoms with van der Waals surface area (Å²) in [7, 11) is 0. The van der Waals surface area contributed by atoms with Crippen LogP contribution >= 0.6 is 0 Å². The molecule has 6 nitrogen and oxygen atoms in total. The van der Waals surface area contributed by atoms with Gasteiger partial charge in [-0.25, -0.2) is 15.2 Å². The van der Waals surface area contributed by atoms with Gasteiger partial charge in [0, 0.05) is 12.8 Å². The van der Waals surface area contributed by atoms with E-state index in [1.54, 1.807) is 0 Å². The summed E-state index contributed by atoms with van der Waals surface area (Å²) in [6.45, 7) is 2.47. The summed E-state index contributed by atoms with van der Waals surface area (Å²) in [5, 5.41) is 2.74. The highest BCUT2D eigenvalue weighted by Crippen LogP contribution is 2.16. The summed E-state index contributed by atoms with van der Waals surface area (Å²) in [6, 6.07) is 1.21. The van der Waals surface area contributed by atoms with Crippen LogP contribution in [0.5, 0.6) is 0 Å². The highest BCUT2D eigenvalue weighted by Gasteiger charge is 2.27. The molecule has 2 rings (SSSR count). The summed E-state index contributed by atoms with van der Waals surface area (Å²) in [5.74, 6) is 3.69. The van der Waals surface area contributed by atoms with Gasteiger partial charge in [-0.05, 0) is 19.4 Å². The summed E-state index contributed by atoms with van der Waals surface area (Å²) >= 11 is 0. The number of hydrazine groups is 1. The van der Waals surface area contributed by atoms with Crippen molar-refractivity contribution in [2.75, 3.05) is 12.0 Å². The third-order valence-electron chi connectivity index (χ3n) is 2.96. The minimum absolute atomic E-state index is 0.0639. The highest BCUT2D eigenvalue weighted by atomic mass is 19.1. The van der Waals surface area contributed by atoms with Crippen molar-refractivity contribution in [1.82, 2.24) is 10.3 Å². The van der Waals surface area contributed by atoms with Crippen molar-refractivity contribution in [3.63, 3.8) is 0 Å². The quantitative estimate of drug-likeness (QED) is 0.537. The van der Waals surface area contributed by atoms with Gasteiger partial charge in [-0.15, -0.1) is 0 Å². The van der Waals surface area contributed by atoms with Crippen LogP contribution in [-0.2, 0) is 4.74 Å². The number of pyridine rings is 1. The number of halogens is 1. The Balaban J connectivity index is 2.13. The minimum atomic E-state index is -0.760. The molecular weight excluding hydrogens is 239 g/mol. The average Bonchev–Trinajstić information content (AvgIpc) is 2.75. The van der Waals surface area contributed by atoms with Gasteiger partial charge < -0.3 is 15.5 Å². The average molecular weight is 254 g/mol. The monoisotopic (exact) mass is 254 g/mol. The standard InChI is InChI=1S/C11H15FN4O2/c1-6-8(3-5-18-6)15-11(17)7-2-4-14-10(16-13)9(7)12/h2,4,6,8H,3,5,13H2,1H3,(H,14,16)(H,15,17). The Morgan fingerprint density at radius 1 is 1.67 bits per heavy atom. The van der Waals surface area contributed by atoms with Gasteiger partial charge in [-0.3, -0.25) is 4.79 Å². The molecule has 4 N–H and O–H groups in total. The van der Waals surface area contributed by atoms with Crippen LogP contribution in [-0.4, -0.2) is 29.6 Å². The Kier molecular flexibility index (Phi) is 3.73. The number of aromatic nitrogens is 1. The zero-order chi connectivity index (χ0) is 13.1. The van der Waals surface area contributed by atoms with Crippen molar-refractivity contribution in [2.45, 2.75) is 25.5 Å². The first-order chi connectivity index (χ1) is 8.63. The molecule has 1 aromatic heterocycles. The summed E-state index contributed by atoms with van der Waals surface area (Å²) in [6.07, 6.45) is 1.98. The van der Waals surface area contributed by atoms with E-state index in [9.17, 15) is 9.18 Å². The third kappa shape index (κ3) is 2.41. The molecule has 2 atom stereocenters. The molecule has 1 saturated heterocycles. The summed E-state index contributed by atoms with van der Waals surface area (Å²) < 4.78 is 19.1. The number of rotatable bonds is 3. The first-order valence-corrected chi connectivity index (χ1v) is 5.67. The number of carbonyl (C=O) groups is 1. The lowest BCUT2D eigenvalue weighted by molar-refractivity contribution is 0.0862. The SMILES string of the molecule is CC1OCCC1NC(=O)c1ccnc(NN)c1F. The van der Waals surface area contributed by atoms with E-state index in [0.717, 1.165) is 6.42 Å². The molecule has 98 valence electrons. The molecule has 0 aliphatic carbocycles. The lowest BCUT2D eigenvalue weighted by atomic mass is 10.1. The van der Waals surface area contributed by atoms with E-state index >= 15 is 0 Å². The fourth-order valence-corrected chi connectivity index (χ4v) is 1.89. The highest BCUT2D eigenvalue weighted by molar-refractivity contribution is 5.95. The molecule has 0 spiro atoms. The van der Waals surface area contributed by atoms with Crippen LogP contribution in [0.2, 0.25) is 0 Å². The Hall–Kier alpha value is -1.73. The van der Waals surface area contributed by atoms with E-state index in [1.807, 2.05) is 6.92 Å². The fraction of sp³-hybridized carbons (Fsp3) is 0.455. The molecule has 1 fully saturated rings. The van der Waals surface area contributed by atoms with Crippen molar-refractivity contribution in [3.8, 4) is 0 Å². The Morgan fingerprint density at radius 2 is 2.44 bits per heavy atom. The molecule has 0 aromatic carbocycles. The second kappa shape index (κ2) is 5.28. The maximum Gasteiger partial charge on any atom is 0.254 e. The number of nitrogens with zero attached hydrogens (tertiary/aromatic N) is 1. The molecule has 0 bridgehead atoms. The van der Waals surface area contributed by atoms with Crippen molar-refractivity contribution >= 4 is 11.7 Å². The number of hydrogen-bond donors (Lipinski definition) is 3. The summed E-state index contributed by atoms with van der Waals surface area (Å²) in [4.78, 5) is 15.6. The lowest BCUT2D eigenvalue weighted by Gasteiger charge is -2.16. The Bertz CT molecular complexity index is 455. The van der Waals surface area contributed by atoms with Gasteiger partial charge in [0.05, 0.1) is 17.7 Å². The van der Waals surface area contributed by atoms with Crippen molar-refractivity contribution < 1.29 is 13.9 Å². The lowest BCUT2D eigenvalue weighted by Crippen LogP contribution is -2.39. The van der Waals surface area contributed by atoms with E-state index in [2.05, 4.69) is 15.7 Å². The van der Waals surface area contributed by atoms with Gasteiger partial charge in [0.2, 0.25) is 0 Å². The second-order valence-corrected chi connectivity index (χ2v) is 4.11. The van der Waals surface area contributed by atoms with E-state index in [4.69, 9.17) is 10.6 Å². The third-order valence-corrected chi connectivity index (χ3v) is 2.96. The zero-order valence-electron chi connectivity index (χ0n) is 9.94. The molecule has 1 aliphatic heterocycles. The van der Waals surface area contributed by atoms with Crippen molar-refractivity contribution in [3.05, 3.63) is 23.6 Å². The van der Waals surface area contributed by atoms with Crippen LogP contribution in [0.4, 0.5) is 10.2 Å². The normalized spacial score (nSPS) is 22.8. The molecule has 0 radical (unpaired) electrons. The molecule has 7 heteroatoms. The molecule has 0 saturated carbocycles. The number of amides is 1. The van der Waals surface area contributed by atoms with Crippen LogP contribution in [0.15, 0.2) is 12.3 Å². The van der Waals surface area contributed by atoms with Gasteiger partial charge in [0.1, 0.15) is 0 Å². The molecule has 1 aliphatic rings. The molecule has 1 amide bonds. The van der Waals surface area contributed by atoms with Gasteiger partial charge in [-0.2, -0.15) is 0 Å². The molecular formula is C11H15FN4O2. The van der Waals surface area contributed by atoms with Crippen LogP contribution in [0.1, 0.15) is 23.7 Å². The first-order valence-electron chi connectivity index (χ1n) is 5.67. The number of nitrogen functional groups attached to an aromatic ring is 1. The van der Waals surface area contributed by atoms with E-state index in [-0.39, 0.29) is 23.5 Å². The molecule has 18 heavy (non-hydrogen) atoms. The number of ether oxygens (including phenoxy) is 1. The Labute approximate surface area is 104 Å². The van der Waals surface area contributed by atoms with Crippen molar-refractivity contribution in [1.29, 1.82) is 0 Å². The fourth-order valence-electron chi connectivity index (χ4n) is 1.89. The van der Waals surface area contributed by atoms with Gasteiger partial charge in [-0.1, -0.05) is 0 Å². The van der Waals surface area contributed by atoms with E-state index in [0.29, 0.717) is 6.61 Å². The maximum atomic E-state index is 13.8. The molecule has 1 aromatic rings. The molecule has 2 heterocycles. The second-order valence-electron chi connectivity index (χ2n) is 4.11. The van der Waals surface area contributed by atoms with Crippen molar-refractivity contribution in [2.24, 2.45) is 5.84 Å². The van der Waals surface area contributed by atoms with Crippen LogP contribution in [0, 0.1) is 5.82 Å². The van der Waals surface area contributed by atoms with Gasteiger partial charge in [0.25, 0.3) is 5.91 Å². The number of hydrogen-bond acceptors (Lipinski definition) is 5. The number of nitrogens with one attached hydrogen (secondary N) is 2. The number of anilines is 1. The van der Waals surface area contributed by atoms with Crippen LogP contribution in [0.3, 0.4) is 0 Å². The van der Waals surface area contributed by atoms with E-state index in [1.165, 1.54) is 12.3 Å². The topological polar surface area (TPSA) is 89.3 Å². The van der Waals surface area contributed by atoms with Gasteiger partial charge in [0.15, 0.2) is 11.6 Å². The van der Waals surface area contributed by atoms with Gasteiger partial charge >= 0.3 is 0 Å². The minimum Gasteiger partial charge on any atom is -0.376 e. The molecule has 2 unspecified atom stereocenters. The zero-order valence-corrected chi connectivity index (χ0v) is 9.94. The maximum absolute atomic E-state index is 13.8. The number of carbonyl (C=O) groups excluding carboxylic acids is 1. The first kappa shape index (κ1) is 12.7. The largest absolute Gasteiger partial charge is 0.376 e. The van der Waals surface area contributed by atoms with Crippen LogP contribution in [0.25, 0.3) is 0 Å². The van der Waals surface area contributed by atoms with E-state index < -0.39 is 11.7 Å². The summed E-state index contributed by atoms with van der Waals surface area (Å²) in [5.41, 5.74) is 2.02. The smallest absolute Gasteiger partial charge is 0.254 e. The predicted octanol–water partition coefficient (Wildman–Crippen LogP) is 0.413. The Morgan fingerprint density at radius 3 is 3.06 bits per heavy atom. The predicted molar refractivity (Wildman–Crippen MR) is 63.3 cm³/mol. The van der Waals surface area contributed by atoms with Crippen LogP contribution < -0.4 is 16.6 Å².